The number of hydrogen-bond acceptors (Lipinski definition) is 3. The summed E-state index contributed by atoms with van der Waals surface area (Å²) in [5.41, 5.74) is 0.0708. The summed E-state index contributed by atoms with van der Waals surface area (Å²) in [6.07, 6.45) is 13.0. The quantitative estimate of drug-likeness (QED) is 0.643. The van der Waals surface area contributed by atoms with Crippen LogP contribution in [-0.4, -0.2) is 31.1 Å². The van der Waals surface area contributed by atoms with Gasteiger partial charge in [0.2, 0.25) is 0 Å². The number of unbranched alkanes of at least 4 members (excludes halogenated alkanes) is 4. The van der Waals surface area contributed by atoms with Gasteiger partial charge in [-0.05, 0) is 25.7 Å². The van der Waals surface area contributed by atoms with Crippen LogP contribution in [0, 0.1) is 5.92 Å². The molecule has 21 heavy (non-hydrogen) atoms. The second kappa shape index (κ2) is 8.77. The monoisotopic (exact) mass is 294 g/mol. The SMILES string of the molecule is CCCCCC(CCCCC)C1=NC2(CCCOC2)CN1. The fourth-order valence-corrected chi connectivity index (χ4v) is 3.59. The minimum atomic E-state index is 0.0708. The number of aliphatic imine (C=N–C) groups is 1. The maximum absolute atomic E-state index is 5.69. The van der Waals surface area contributed by atoms with Crippen LogP contribution in [0.4, 0.5) is 0 Å². The lowest BCUT2D eigenvalue weighted by Crippen LogP contribution is -2.40. The lowest BCUT2D eigenvalue weighted by atomic mass is 9.93. The number of nitrogens with one attached hydrogen (secondary N) is 1. The van der Waals surface area contributed by atoms with Crippen molar-refractivity contribution in [2.45, 2.75) is 83.6 Å². The molecule has 0 aromatic heterocycles. The standard InChI is InChI=1S/C18H34N2O/c1-3-5-7-10-16(11-8-6-4-2)17-19-14-18(20-17)12-9-13-21-15-18/h16H,3-15H2,1-2H3,(H,19,20). The molecule has 122 valence electrons. The van der Waals surface area contributed by atoms with Gasteiger partial charge in [-0.2, -0.15) is 0 Å². The smallest absolute Gasteiger partial charge is 0.103 e. The van der Waals surface area contributed by atoms with Crippen LogP contribution < -0.4 is 5.32 Å². The highest BCUT2D eigenvalue weighted by molar-refractivity contribution is 5.86. The Labute approximate surface area is 130 Å². The maximum atomic E-state index is 5.69. The summed E-state index contributed by atoms with van der Waals surface area (Å²) in [7, 11) is 0. The molecule has 0 aromatic rings. The van der Waals surface area contributed by atoms with Gasteiger partial charge < -0.3 is 10.1 Å². The molecule has 0 bridgehead atoms. The first-order valence-corrected chi connectivity index (χ1v) is 9.21. The van der Waals surface area contributed by atoms with E-state index in [1.54, 1.807) is 0 Å². The molecule has 1 unspecified atom stereocenters. The van der Waals surface area contributed by atoms with E-state index in [0.29, 0.717) is 5.92 Å². The molecule has 2 aliphatic rings. The zero-order valence-corrected chi connectivity index (χ0v) is 14.1. The summed E-state index contributed by atoms with van der Waals surface area (Å²) in [5.74, 6) is 1.96. The molecular weight excluding hydrogens is 260 g/mol. The van der Waals surface area contributed by atoms with Crippen molar-refractivity contribution >= 4 is 5.84 Å². The predicted molar refractivity (Wildman–Crippen MR) is 90.0 cm³/mol. The van der Waals surface area contributed by atoms with E-state index in [2.05, 4.69) is 19.2 Å². The van der Waals surface area contributed by atoms with Gasteiger partial charge >= 0.3 is 0 Å². The largest absolute Gasteiger partial charge is 0.379 e. The van der Waals surface area contributed by atoms with Crippen LogP contribution in [0.5, 0.6) is 0 Å². The number of nitrogens with zero attached hydrogens (tertiary/aromatic N) is 1. The van der Waals surface area contributed by atoms with Crippen molar-refractivity contribution in [3.8, 4) is 0 Å². The van der Waals surface area contributed by atoms with Crippen molar-refractivity contribution in [1.82, 2.24) is 5.32 Å². The zero-order valence-electron chi connectivity index (χ0n) is 14.1. The Kier molecular flexibility index (Phi) is 7.01. The first-order chi connectivity index (χ1) is 10.3. The molecular formula is C18H34N2O. The highest BCUT2D eigenvalue weighted by Gasteiger charge is 2.38. The van der Waals surface area contributed by atoms with Gasteiger partial charge in [-0.25, -0.2) is 0 Å². The molecule has 1 saturated heterocycles. The van der Waals surface area contributed by atoms with E-state index in [-0.39, 0.29) is 5.54 Å². The minimum absolute atomic E-state index is 0.0708. The summed E-state index contributed by atoms with van der Waals surface area (Å²) < 4.78 is 5.69. The fourth-order valence-electron chi connectivity index (χ4n) is 3.59. The third-order valence-electron chi connectivity index (χ3n) is 4.96. The van der Waals surface area contributed by atoms with Crippen LogP contribution >= 0.6 is 0 Å². The Hall–Kier alpha value is -0.570. The van der Waals surface area contributed by atoms with Gasteiger partial charge in [-0.15, -0.1) is 0 Å². The van der Waals surface area contributed by atoms with E-state index >= 15 is 0 Å². The van der Waals surface area contributed by atoms with Crippen LogP contribution in [0.15, 0.2) is 4.99 Å². The molecule has 0 amide bonds. The second-order valence-electron chi connectivity index (χ2n) is 6.92. The summed E-state index contributed by atoms with van der Waals surface area (Å²) in [6, 6.07) is 0. The molecule has 1 fully saturated rings. The number of amidine groups is 1. The average molecular weight is 294 g/mol. The van der Waals surface area contributed by atoms with E-state index in [1.165, 1.54) is 63.6 Å². The van der Waals surface area contributed by atoms with Gasteiger partial charge in [-0.1, -0.05) is 52.4 Å². The molecule has 1 N–H and O–H groups in total. The average Bonchev–Trinajstić information content (AvgIpc) is 2.90. The molecule has 0 saturated carbocycles. The van der Waals surface area contributed by atoms with Crippen molar-refractivity contribution < 1.29 is 4.74 Å². The molecule has 0 radical (unpaired) electrons. The van der Waals surface area contributed by atoms with Crippen LogP contribution in [0.2, 0.25) is 0 Å². The zero-order chi connectivity index (χ0) is 15.0. The lowest BCUT2D eigenvalue weighted by molar-refractivity contribution is 0.0446. The van der Waals surface area contributed by atoms with E-state index in [9.17, 15) is 0 Å². The number of rotatable bonds is 9. The fraction of sp³-hybridized carbons (Fsp3) is 0.944. The third kappa shape index (κ3) is 4.98. The van der Waals surface area contributed by atoms with Gasteiger partial charge in [0.25, 0.3) is 0 Å². The molecule has 2 aliphatic heterocycles. The van der Waals surface area contributed by atoms with E-state index in [1.807, 2.05) is 0 Å². The Morgan fingerprint density at radius 1 is 1.14 bits per heavy atom. The van der Waals surface area contributed by atoms with Gasteiger partial charge in [0.15, 0.2) is 0 Å². The Bertz CT molecular complexity index is 311. The van der Waals surface area contributed by atoms with Crippen LogP contribution in [0.25, 0.3) is 0 Å². The van der Waals surface area contributed by atoms with Gasteiger partial charge in [0.05, 0.1) is 6.61 Å². The summed E-state index contributed by atoms with van der Waals surface area (Å²) in [5, 5.41) is 3.64. The van der Waals surface area contributed by atoms with Crippen LogP contribution in [0.3, 0.4) is 0 Å². The Morgan fingerprint density at radius 3 is 2.43 bits per heavy atom. The molecule has 1 atom stereocenters. The predicted octanol–water partition coefficient (Wildman–Crippen LogP) is 4.31. The van der Waals surface area contributed by atoms with Crippen molar-refractivity contribution in [2.75, 3.05) is 19.8 Å². The molecule has 2 rings (SSSR count). The van der Waals surface area contributed by atoms with Crippen LogP contribution in [0.1, 0.15) is 78.1 Å². The van der Waals surface area contributed by atoms with Gasteiger partial charge in [0, 0.05) is 19.1 Å². The molecule has 1 spiro atoms. The van der Waals surface area contributed by atoms with E-state index < -0.39 is 0 Å². The summed E-state index contributed by atoms with van der Waals surface area (Å²) in [4.78, 5) is 5.12. The van der Waals surface area contributed by atoms with Gasteiger partial charge in [-0.3, -0.25) is 4.99 Å². The van der Waals surface area contributed by atoms with Crippen molar-refractivity contribution in [3.05, 3.63) is 0 Å². The topological polar surface area (TPSA) is 33.6 Å². The first kappa shape index (κ1) is 16.8. The molecule has 3 heteroatoms. The molecule has 0 aliphatic carbocycles. The van der Waals surface area contributed by atoms with Crippen molar-refractivity contribution in [1.29, 1.82) is 0 Å². The van der Waals surface area contributed by atoms with Gasteiger partial charge in [0.1, 0.15) is 11.4 Å². The normalized spacial score (nSPS) is 25.4. The minimum Gasteiger partial charge on any atom is -0.379 e. The van der Waals surface area contributed by atoms with Crippen molar-refractivity contribution in [3.63, 3.8) is 0 Å². The van der Waals surface area contributed by atoms with E-state index in [4.69, 9.17) is 9.73 Å². The molecule has 2 heterocycles. The number of ether oxygens (including phenoxy) is 1. The van der Waals surface area contributed by atoms with E-state index in [0.717, 1.165) is 26.2 Å². The molecule has 0 aromatic carbocycles. The first-order valence-electron chi connectivity index (χ1n) is 9.21. The summed E-state index contributed by atoms with van der Waals surface area (Å²) >= 11 is 0. The summed E-state index contributed by atoms with van der Waals surface area (Å²) in [6.45, 7) is 7.31. The van der Waals surface area contributed by atoms with Crippen molar-refractivity contribution in [2.24, 2.45) is 10.9 Å². The van der Waals surface area contributed by atoms with Crippen LogP contribution in [-0.2, 0) is 4.74 Å². The molecule has 3 nitrogen and oxygen atoms in total. The highest BCUT2D eigenvalue weighted by atomic mass is 16.5. The second-order valence-corrected chi connectivity index (χ2v) is 6.92. The highest BCUT2D eigenvalue weighted by Crippen LogP contribution is 2.29. The number of hydrogen-bond donors (Lipinski definition) is 1. The maximum Gasteiger partial charge on any atom is 0.103 e. The lowest BCUT2D eigenvalue weighted by Gasteiger charge is -2.29. The Morgan fingerprint density at radius 2 is 1.86 bits per heavy atom. The third-order valence-corrected chi connectivity index (χ3v) is 4.96. The Balaban J connectivity index is 1.92.